The molecule has 1 aromatic heterocycles. The monoisotopic (exact) mass is 313 g/mol. The van der Waals surface area contributed by atoms with Crippen molar-refractivity contribution < 1.29 is 4.79 Å². The van der Waals surface area contributed by atoms with Crippen molar-refractivity contribution in [2.75, 3.05) is 5.73 Å². The molecule has 0 aliphatic carbocycles. The number of benzene rings is 1. The molecule has 0 atom stereocenters. The zero-order chi connectivity index (χ0) is 12.6. The maximum atomic E-state index is 12.3. The highest BCUT2D eigenvalue weighted by atomic mass is 79.9. The number of halogens is 2. The van der Waals surface area contributed by atoms with Crippen LogP contribution >= 0.6 is 27.5 Å². The standard InChI is InChI=1S/C11H9BrClN3O/c1-16-10(9(13)5-15-16)11(17)7-4-6(14)2-3-8(7)12/h2-5H,14H2,1H3. The lowest BCUT2D eigenvalue weighted by Gasteiger charge is -2.05. The lowest BCUT2D eigenvalue weighted by molar-refractivity contribution is 0.102. The van der Waals surface area contributed by atoms with Crippen molar-refractivity contribution in [1.29, 1.82) is 0 Å². The zero-order valence-corrected chi connectivity index (χ0v) is 11.3. The first-order chi connectivity index (χ1) is 8.00. The number of nitrogens with zero attached hydrogens (tertiary/aromatic N) is 2. The molecule has 0 amide bonds. The van der Waals surface area contributed by atoms with E-state index in [1.165, 1.54) is 10.9 Å². The zero-order valence-electron chi connectivity index (χ0n) is 8.95. The molecule has 0 spiro atoms. The maximum Gasteiger partial charge on any atom is 0.213 e. The molecular weight excluding hydrogens is 305 g/mol. The minimum atomic E-state index is -0.214. The van der Waals surface area contributed by atoms with Crippen LogP contribution in [0.3, 0.4) is 0 Å². The molecule has 0 radical (unpaired) electrons. The Morgan fingerprint density at radius 2 is 2.24 bits per heavy atom. The molecule has 0 bridgehead atoms. The minimum Gasteiger partial charge on any atom is -0.399 e. The Bertz CT molecular complexity index is 575. The quantitative estimate of drug-likeness (QED) is 0.685. The van der Waals surface area contributed by atoms with Crippen molar-refractivity contribution in [2.24, 2.45) is 7.05 Å². The number of ketones is 1. The summed E-state index contributed by atoms with van der Waals surface area (Å²) in [6.45, 7) is 0. The molecule has 0 aliphatic rings. The Balaban J connectivity index is 2.55. The molecule has 1 aromatic carbocycles. The van der Waals surface area contributed by atoms with E-state index in [4.69, 9.17) is 17.3 Å². The molecule has 0 saturated carbocycles. The van der Waals surface area contributed by atoms with Gasteiger partial charge in [-0.1, -0.05) is 27.5 Å². The Kier molecular flexibility index (Phi) is 3.22. The van der Waals surface area contributed by atoms with E-state index in [0.717, 1.165) is 0 Å². The second kappa shape index (κ2) is 4.50. The van der Waals surface area contributed by atoms with Crippen molar-refractivity contribution in [3.63, 3.8) is 0 Å². The van der Waals surface area contributed by atoms with Crippen LogP contribution in [0.2, 0.25) is 5.02 Å². The maximum absolute atomic E-state index is 12.3. The second-order valence-electron chi connectivity index (χ2n) is 3.53. The fourth-order valence-corrected chi connectivity index (χ4v) is 2.19. The second-order valence-corrected chi connectivity index (χ2v) is 4.79. The van der Waals surface area contributed by atoms with E-state index in [1.54, 1.807) is 25.2 Å². The summed E-state index contributed by atoms with van der Waals surface area (Å²) in [5.41, 5.74) is 7.00. The Morgan fingerprint density at radius 3 is 2.82 bits per heavy atom. The van der Waals surface area contributed by atoms with Crippen molar-refractivity contribution in [1.82, 2.24) is 9.78 Å². The normalized spacial score (nSPS) is 10.5. The Labute approximate surface area is 111 Å². The number of carbonyl (C=O) groups is 1. The third kappa shape index (κ3) is 2.21. The van der Waals surface area contributed by atoms with Gasteiger partial charge in [-0.25, -0.2) is 0 Å². The third-order valence-corrected chi connectivity index (χ3v) is 3.31. The lowest BCUT2D eigenvalue weighted by Crippen LogP contribution is -2.10. The lowest BCUT2D eigenvalue weighted by atomic mass is 10.1. The summed E-state index contributed by atoms with van der Waals surface area (Å²) in [5.74, 6) is -0.214. The summed E-state index contributed by atoms with van der Waals surface area (Å²) in [7, 11) is 1.67. The van der Waals surface area contributed by atoms with Crippen LogP contribution in [-0.4, -0.2) is 15.6 Å². The predicted molar refractivity (Wildman–Crippen MR) is 70.2 cm³/mol. The van der Waals surface area contributed by atoms with Gasteiger partial charge in [0.05, 0.1) is 11.2 Å². The van der Waals surface area contributed by atoms with Crippen molar-refractivity contribution in [3.05, 3.63) is 45.1 Å². The number of nitrogens with two attached hydrogens (primary N) is 1. The predicted octanol–water partition coefficient (Wildman–Crippen LogP) is 2.65. The number of rotatable bonds is 2. The fourth-order valence-electron chi connectivity index (χ4n) is 1.51. The molecule has 0 aliphatic heterocycles. The van der Waals surface area contributed by atoms with Crippen molar-refractivity contribution in [3.8, 4) is 0 Å². The van der Waals surface area contributed by atoms with Gasteiger partial charge in [0.15, 0.2) is 0 Å². The molecule has 2 rings (SSSR count). The average molecular weight is 315 g/mol. The summed E-state index contributed by atoms with van der Waals surface area (Å²) >= 11 is 9.25. The molecule has 0 unspecified atom stereocenters. The summed E-state index contributed by atoms with van der Waals surface area (Å²) < 4.78 is 2.12. The van der Waals surface area contributed by atoms with Gasteiger partial charge in [0, 0.05) is 22.8 Å². The molecule has 0 fully saturated rings. The van der Waals surface area contributed by atoms with Gasteiger partial charge in [-0.3, -0.25) is 9.48 Å². The van der Waals surface area contributed by atoms with E-state index in [2.05, 4.69) is 21.0 Å². The Morgan fingerprint density at radius 1 is 1.53 bits per heavy atom. The topological polar surface area (TPSA) is 60.9 Å². The molecule has 6 heteroatoms. The van der Waals surface area contributed by atoms with E-state index < -0.39 is 0 Å². The van der Waals surface area contributed by atoms with Gasteiger partial charge >= 0.3 is 0 Å². The molecule has 1 heterocycles. The van der Waals surface area contributed by atoms with E-state index in [-0.39, 0.29) is 5.78 Å². The first kappa shape index (κ1) is 12.1. The molecular formula is C11H9BrClN3O. The van der Waals surface area contributed by atoms with Crippen molar-refractivity contribution >= 4 is 39.0 Å². The average Bonchev–Trinajstić information content (AvgIpc) is 2.61. The van der Waals surface area contributed by atoms with E-state index >= 15 is 0 Å². The number of carbonyl (C=O) groups excluding carboxylic acids is 1. The summed E-state index contributed by atoms with van der Waals surface area (Å²) in [6, 6.07) is 5.05. The number of hydrogen-bond acceptors (Lipinski definition) is 3. The van der Waals surface area contributed by atoms with Crippen LogP contribution in [0.5, 0.6) is 0 Å². The summed E-state index contributed by atoms with van der Waals surface area (Å²) in [6.07, 6.45) is 1.44. The molecule has 2 aromatic rings. The highest BCUT2D eigenvalue weighted by molar-refractivity contribution is 9.10. The number of anilines is 1. The van der Waals surface area contributed by atoms with Gasteiger partial charge < -0.3 is 5.73 Å². The van der Waals surface area contributed by atoms with E-state index in [9.17, 15) is 4.79 Å². The summed E-state index contributed by atoms with van der Waals surface area (Å²) in [4.78, 5) is 12.3. The number of hydrogen-bond donors (Lipinski definition) is 1. The highest BCUT2D eigenvalue weighted by Crippen LogP contribution is 2.25. The first-order valence-electron chi connectivity index (χ1n) is 4.78. The van der Waals surface area contributed by atoms with Crippen molar-refractivity contribution in [2.45, 2.75) is 0 Å². The third-order valence-electron chi connectivity index (χ3n) is 2.34. The Hall–Kier alpha value is -1.33. The van der Waals surface area contributed by atoms with Gasteiger partial charge in [0.25, 0.3) is 0 Å². The fraction of sp³-hybridized carbons (Fsp3) is 0.0909. The SMILES string of the molecule is Cn1ncc(Cl)c1C(=O)c1cc(N)ccc1Br. The minimum absolute atomic E-state index is 0.214. The molecule has 88 valence electrons. The van der Waals surface area contributed by atoms with E-state index in [0.29, 0.717) is 26.4 Å². The van der Waals surface area contributed by atoms with Crippen LogP contribution < -0.4 is 5.73 Å². The number of nitrogen functional groups attached to an aromatic ring is 1. The van der Waals surface area contributed by atoms with Crippen LogP contribution in [-0.2, 0) is 7.05 Å². The van der Waals surface area contributed by atoms with Crippen LogP contribution in [0.4, 0.5) is 5.69 Å². The van der Waals surface area contributed by atoms with Crippen LogP contribution in [0, 0.1) is 0 Å². The van der Waals surface area contributed by atoms with Gasteiger partial charge in [-0.05, 0) is 18.2 Å². The largest absolute Gasteiger partial charge is 0.399 e. The van der Waals surface area contributed by atoms with Gasteiger partial charge in [0.1, 0.15) is 5.69 Å². The van der Waals surface area contributed by atoms with Gasteiger partial charge in [-0.2, -0.15) is 5.10 Å². The van der Waals surface area contributed by atoms with Gasteiger partial charge in [-0.15, -0.1) is 0 Å². The molecule has 4 nitrogen and oxygen atoms in total. The number of aryl methyl sites for hydroxylation is 1. The van der Waals surface area contributed by atoms with Crippen LogP contribution in [0.1, 0.15) is 16.1 Å². The van der Waals surface area contributed by atoms with Crippen LogP contribution in [0.25, 0.3) is 0 Å². The van der Waals surface area contributed by atoms with Gasteiger partial charge in [0.2, 0.25) is 5.78 Å². The highest BCUT2D eigenvalue weighted by Gasteiger charge is 2.19. The summed E-state index contributed by atoms with van der Waals surface area (Å²) in [5, 5.41) is 4.26. The smallest absolute Gasteiger partial charge is 0.213 e. The van der Waals surface area contributed by atoms with E-state index in [1.807, 2.05) is 0 Å². The molecule has 2 N–H and O–H groups in total. The first-order valence-corrected chi connectivity index (χ1v) is 5.95. The molecule has 17 heavy (non-hydrogen) atoms. The molecule has 0 saturated heterocycles. The number of aromatic nitrogens is 2. The van der Waals surface area contributed by atoms with Crippen LogP contribution in [0.15, 0.2) is 28.9 Å².